The summed E-state index contributed by atoms with van der Waals surface area (Å²) in [7, 11) is 1.61. The largest absolute Gasteiger partial charge is 0.497 e. The second-order valence-electron chi connectivity index (χ2n) is 5.24. The molecule has 0 N–H and O–H groups in total. The topological polar surface area (TPSA) is 39.2 Å². The zero-order valence-electron chi connectivity index (χ0n) is 12.4. The number of para-hydroxylation sites is 1. The van der Waals surface area contributed by atoms with Gasteiger partial charge >= 0.3 is 0 Å². The molecule has 0 bridgehead atoms. The van der Waals surface area contributed by atoms with Crippen LogP contribution in [0.1, 0.15) is 15.2 Å². The van der Waals surface area contributed by atoms with Gasteiger partial charge in [-0.1, -0.05) is 18.2 Å². The predicted octanol–water partition coefficient (Wildman–Crippen LogP) is 4.69. The molecule has 0 saturated heterocycles. The number of benzene rings is 2. The van der Waals surface area contributed by atoms with Gasteiger partial charge in [-0.25, -0.2) is 4.98 Å². The number of ether oxygens (including phenoxy) is 1. The van der Waals surface area contributed by atoms with Crippen LogP contribution in [0.5, 0.6) is 5.75 Å². The van der Waals surface area contributed by atoms with Gasteiger partial charge in [-0.2, -0.15) is 0 Å². The Balaban J connectivity index is 1.78. The molecule has 2 aromatic carbocycles. The molecule has 0 unspecified atom stereocenters. The maximum atomic E-state index is 12.7. The molecular weight excluding hydrogens is 306 g/mol. The number of thiophene rings is 1. The van der Waals surface area contributed by atoms with Crippen LogP contribution >= 0.6 is 11.3 Å². The third-order valence-corrected chi connectivity index (χ3v) is 4.83. The number of hydrogen-bond acceptors (Lipinski definition) is 4. The minimum absolute atomic E-state index is 0.0136. The van der Waals surface area contributed by atoms with Crippen molar-refractivity contribution in [3.63, 3.8) is 0 Å². The third kappa shape index (κ3) is 2.47. The van der Waals surface area contributed by atoms with Crippen LogP contribution in [-0.2, 0) is 0 Å². The van der Waals surface area contributed by atoms with Crippen LogP contribution < -0.4 is 4.74 Å². The summed E-state index contributed by atoms with van der Waals surface area (Å²) in [6, 6.07) is 19.2. The molecule has 2 aromatic heterocycles. The maximum Gasteiger partial charge on any atom is 0.203 e. The first-order valence-corrected chi connectivity index (χ1v) is 8.04. The van der Waals surface area contributed by atoms with Crippen LogP contribution in [0.25, 0.3) is 21.1 Å². The molecule has 23 heavy (non-hydrogen) atoms. The third-order valence-electron chi connectivity index (χ3n) is 3.79. The van der Waals surface area contributed by atoms with Gasteiger partial charge in [0.05, 0.1) is 17.5 Å². The average molecular weight is 319 g/mol. The molecule has 4 heteroatoms. The highest BCUT2D eigenvalue weighted by molar-refractivity contribution is 7.20. The quantitative estimate of drug-likeness (QED) is 0.514. The monoisotopic (exact) mass is 319 g/mol. The van der Waals surface area contributed by atoms with E-state index in [1.807, 2.05) is 30.3 Å². The molecule has 0 atom stereocenters. The second kappa shape index (κ2) is 5.48. The summed E-state index contributed by atoms with van der Waals surface area (Å²) in [6.07, 6.45) is 0. The highest BCUT2D eigenvalue weighted by Gasteiger charge is 2.14. The molecule has 3 nitrogen and oxygen atoms in total. The van der Waals surface area contributed by atoms with Crippen molar-refractivity contribution in [2.75, 3.05) is 7.11 Å². The van der Waals surface area contributed by atoms with Gasteiger partial charge < -0.3 is 4.74 Å². The number of ketones is 1. The summed E-state index contributed by atoms with van der Waals surface area (Å²) in [5.41, 5.74) is 1.60. The fourth-order valence-corrected chi connectivity index (χ4v) is 3.56. The summed E-state index contributed by atoms with van der Waals surface area (Å²) < 4.78 is 5.13. The molecule has 2 heterocycles. The molecule has 4 aromatic rings. The lowest BCUT2D eigenvalue weighted by Crippen LogP contribution is -1.98. The number of pyridine rings is 1. The highest BCUT2D eigenvalue weighted by atomic mass is 32.1. The summed E-state index contributed by atoms with van der Waals surface area (Å²) >= 11 is 1.43. The lowest BCUT2D eigenvalue weighted by atomic mass is 10.1. The van der Waals surface area contributed by atoms with E-state index in [1.165, 1.54) is 11.3 Å². The minimum atomic E-state index is 0.0136. The number of nitrogens with zero attached hydrogens (tertiary/aromatic N) is 1. The first-order valence-electron chi connectivity index (χ1n) is 7.23. The van der Waals surface area contributed by atoms with E-state index in [2.05, 4.69) is 11.1 Å². The van der Waals surface area contributed by atoms with Crippen molar-refractivity contribution in [3.05, 3.63) is 71.1 Å². The Kier molecular flexibility index (Phi) is 3.32. The smallest absolute Gasteiger partial charge is 0.203 e. The van der Waals surface area contributed by atoms with E-state index in [0.717, 1.165) is 26.9 Å². The Morgan fingerprint density at radius 2 is 1.78 bits per heavy atom. The highest BCUT2D eigenvalue weighted by Crippen LogP contribution is 2.29. The van der Waals surface area contributed by atoms with E-state index >= 15 is 0 Å². The number of carbonyl (C=O) groups excluding carboxylic acids is 1. The van der Waals surface area contributed by atoms with Crippen LogP contribution in [0.4, 0.5) is 0 Å². The second-order valence-corrected chi connectivity index (χ2v) is 6.27. The molecule has 0 saturated carbocycles. The van der Waals surface area contributed by atoms with Crippen molar-refractivity contribution >= 4 is 38.2 Å². The van der Waals surface area contributed by atoms with Crippen LogP contribution in [0.3, 0.4) is 0 Å². The maximum absolute atomic E-state index is 12.7. The Bertz CT molecular complexity index is 966. The number of hydrogen-bond donors (Lipinski definition) is 0. The van der Waals surface area contributed by atoms with Gasteiger partial charge in [0.25, 0.3) is 0 Å². The van der Waals surface area contributed by atoms with Crippen molar-refractivity contribution in [2.24, 2.45) is 0 Å². The SMILES string of the molecule is COc1ccc(C(=O)c2cc3cc4ccccc4nc3s2)cc1. The van der Waals surface area contributed by atoms with Crippen molar-refractivity contribution < 1.29 is 9.53 Å². The molecule has 0 aliphatic rings. The van der Waals surface area contributed by atoms with Crippen LogP contribution in [0.2, 0.25) is 0 Å². The van der Waals surface area contributed by atoms with Crippen molar-refractivity contribution in [1.82, 2.24) is 4.98 Å². The summed E-state index contributed by atoms with van der Waals surface area (Å²) in [5, 5.41) is 2.09. The van der Waals surface area contributed by atoms with Crippen LogP contribution in [0, 0.1) is 0 Å². The Morgan fingerprint density at radius 3 is 2.57 bits per heavy atom. The number of methoxy groups -OCH3 is 1. The van der Waals surface area contributed by atoms with Crippen molar-refractivity contribution in [3.8, 4) is 5.75 Å². The number of fused-ring (bicyclic) bond motifs is 2. The Labute approximate surface area is 137 Å². The van der Waals surface area contributed by atoms with E-state index in [9.17, 15) is 4.79 Å². The number of rotatable bonds is 3. The fraction of sp³-hybridized carbons (Fsp3) is 0.0526. The summed E-state index contributed by atoms with van der Waals surface area (Å²) in [4.78, 5) is 18.9. The van der Waals surface area contributed by atoms with E-state index in [-0.39, 0.29) is 5.78 Å². The summed E-state index contributed by atoms with van der Waals surface area (Å²) in [6.45, 7) is 0. The molecule has 0 aliphatic heterocycles. The summed E-state index contributed by atoms with van der Waals surface area (Å²) in [5.74, 6) is 0.755. The van der Waals surface area contributed by atoms with Gasteiger partial charge in [-0.15, -0.1) is 11.3 Å². The van der Waals surface area contributed by atoms with Gasteiger partial charge in [0.15, 0.2) is 0 Å². The van der Waals surface area contributed by atoms with E-state index in [1.54, 1.807) is 31.4 Å². The molecule has 0 radical (unpaired) electrons. The molecular formula is C19H13NO2S. The van der Waals surface area contributed by atoms with E-state index in [4.69, 9.17) is 4.74 Å². The van der Waals surface area contributed by atoms with Gasteiger partial charge in [0.2, 0.25) is 5.78 Å². The Morgan fingerprint density at radius 1 is 1.00 bits per heavy atom. The zero-order valence-corrected chi connectivity index (χ0v) is 13.3. The molecule has 112 valence electrons. The lowest BCUT2D eigenvalue weighted by molar-refractivity contribution is 0.104. The minimum Gasteiger partial charge on any atom is -0.497 e. The molecule has 0 aliphatic carbocycles. The molecule has 0 amide bonds. The van der Waals surface area contributed by atoms with Gasteiger partial charge in [0, 0.05) is 16.3 Å². The standard InChI is InChI=1S/C19H13NO2S/c1-22-15-8-6-12(7-9-15)18(21)17-11-14-10-13-4-2-3-5-16(13)20-19(14)23-17/h2-11H,1H3. The van der Waals surface area contributed by atoms with Gasteiger partial charge in [-0.3, -0.25) is 4.79 Å². The normalized spacial score (nSPS) is 11.0. The average Bonchev–Trinajstić information content (AvgIpc) is 3.02. The Hall–Kier alpha value is -2.72. The fourth-order valence-electron chi connectivity index (χ4n) is 2.57. The predicted molar refractivity (Wildman–Crippen MR) is 93.6 cm³/mol. The van der Waals surface area contributed by atoms with Crippen LogP contribution in [-0.4, -0.2) is 17.9 Å². The van der Waals surface area contributed by atoms with E-state index in [0.29, 0.717) is 10.4 Å². The van der Waals surface area contributed by atoms with Gasteiger partial charge in [-0.05, 0) is 42.5 Å². The zero-order chi connectivity index (χ0) is 15.8. The molecule has 4 rings (SSSR count). The lowest BCUT2D eigenvalue weighted by Gasteiger charge is -2.01. The number of aromatic nitrogens is 1. The first kappa shape index (κ1) is 13.9. The molecule has 0 fully saturated rings. The first-order chi connectivity index (χ1) is 11.2. The van der Waals surface area contributed by atoms with Crippen molar-refractivity contribution in [2.45, 2.75) is 0 Å². The van der Waals surface area contributed by atoms with Gasteiger partial charge in [0.1, 0.15) is 10.6 Å². The molecule has 0 spiro atoms. The van der Waals surface area contributed by atoms with Crippen LogP contribution in [0.15, 0.2) is 60.7 Å². The number of carbonyl (C=O) groups is 1. The van der Waals surface area contributed by atoms with E-state index < -0.39 is 0 Å². The van der Waals surface area contributed by atoms with Crippen molar-refractivity contribution in [1.29, 1.82) is 0 Å².